The van der Waals surface area contributed by atoms with E-state index in [1.165, 1.54) is 0 Å². The van der Waals surface area contributed by atoms with Crippen LogP contribution in [0.1, 0.15) is 50.4 Å². The van der Waals surface area contributed by atoms with Crippen LogP contribution in [0, 0.1) is 11.3 Å². The molecule has 0 aliphatic rings. The molecular formula is C15H22N4O2. The molecule has 0 saturated heterocycles. The van der Waals surface area contributed by atoms with Crippen LogP contribution in [0.4, 0.5) is 5.82 Å². The summed E-state index contributed by atoms with van der Waals surface area (Å²) in [5, 5.41) is 20.7. The van der Waals surface area contributed by atoms with Crippen molar-refractivity contribution in [3.8, 4) is 6.07 Å². The van der Waals surface area contributed by atoms with E-state index >= 15 is 0 Å². The Balaban J connectivity index is 2.68. The summed E-state index contributed by atoms with van der Waals surface area (Å²) in [5.41, 5.74) is 2.37. The van der Waals surface area contributed by atoms with Crippen LogP contribution in [-0.4, -0.2) is 29.3 Å². The van der Waals surface area contributed by atoms with Gasteiger partial charge in [0, 0.05) is 13.0 Å². The van der Waals surface area contributed by atoms with Crippen molar-refractivity contribution in [3.05, 3.63) is 16.8 Å². The van der Waals surface area contributed by atoms with E-state index in [0.717, 1.165) is 24.1 Å². The van der Waals surface area contributed by atoms with E-state index in [1.807, 2.05) is 13.8 Å². The number of hydrogen-bond acceptors (Lipinski definition) is 6. The molecule has 1 heterocycles. The number of nitrogens with one attached hydrogen (secondary N) is 1. The van der Waals surface area contributed by atoms with Gasteiger partial charge in [0.2, 0.25) is 0 Å². The zero-order valence-corrected chi connectivity index (χ0v) is 12.9. The van der Waals surface area contributed by atoms with Crippen molar-refractivity contribution in [1.82, 2.24) is 10.2 Å². The van der Waals surface area contributed by atoms with Gasteiger partial charge in [0.1, 0.15) is 11.6 Å². The minimum absolute atomic E-state index is 0.207. The molecule has 0 fully saturated rings. The first-order valence-electron chi connectivity index (χ1n) is 7.35. The van der Waals surface area contributed by atoms with E-state index in [1.54, 1.807) is 6.92 Å². The SMILES string of the molecule is CCOC(=O)CCCNc1nnc(CC)c(CC)c1C#N. The third-order valence-corrected chi connectivity index (χ3v) is 3.11. The van der Waals surface area contributed by atoms with E-state index in [0.29, 0.717) is 37.4 Å². The molecule has 0 radical (unpaired) electrons. The van der Waals surface area contributed by atoms with Gasteiger partial charge in [-0.1, -0.05) is 13.8 Å². The molecule has 0 bridgehead atoms. The number of nitriles is 1. The lowest BCUT2D eigenvalue weighted by Gasteiger charge is -2.11. The number of rotatable bonds is 8. The lowest BCUT2D eigenvalue weighted by molar-refractivity contribution is -0.143. The Kier molecular flexibility index (Phi) is 7.16. The minimum atomic E-state index is -0.207. The lowest BCUT2D eigenvalue weighted by atomic mass is 10.0. The van der Waals surface area contributed by atoms with Gasteiger partial charge in [-0.3, -0.25) is 4.79 Å². The predicted molar refractivity (Wildman–Crippen MR) is 79.9 cm³/mol. The molecule has 1 aromatic heterocycles. The van der Waals surface area contributed by atoms with Gasteiger partial charge in [-0.15, -0.1) is 5.10 Å². The van der Waals surface area contributed by atoms with Crippen molar-refractivity contribution in [3.63, 3.8) is 0 Å². The number of hydrogen-bond donors (Lipinski definition) is 1. The third kappa shape index (κ3) is 4.71. The molecule has 114 valence electrons. The molecule has 0 aromatic carbocycles. The Morgan fingerprint density at radius 1 is 1.29 bits per heavy atom. The zero-order valence-electron chi connectivity index (χ0n) is 12.9. The topological polar surface area (TPSA) is 87.9 Å². The van der Waals surface area contributed by atoms with Crippen LogP contribution in [0.2, 0.25) is 0 Å². The number of carbonyl (C=O) groups is 1. The number of esters is 1. The highest BCUT2D eigenvalue weighted by Crippen LogP contribution is 2.19. The molecule has 0 aliphatic carbocycles. The van der Waals surface area contributed by atoms with Crippen molar-refractivity contribution < 1.29 is 9.53 Å². The number of anilines is 1. The molecule has 0 aliphatic heterocycles. The van der Waals surface area contributed by atoms with Crippen LogP contribution in [0.15, 0.2) is 0 Å². The quantitative estimate of drug-likeness (QED) is 0.583. The molecule has 6 nitrogen and oxygen atoms in total. The third-order valence-electron chi connectivity index (χ3n) is 3.11. The van der Waals surface area contributed by atoms with Gasteiger partial charge in [0.05, 0.1) is 12.3 Å². The molecule has 0 amide bonds. The Hall–Kier alpha value is -2.16. The Labute approximate surface area is 125 Å². The standard InChI is InChI=1S/C15H22N4O2/c1-4-11-12(10-16)15(19-18-13(11)5-2)17-9-7-8-14(20)21-6-3/h4-9H2,1-3H3,(H,17,19). The van der Waals surface area contributed by atoms with Crippen molar-refractivity contribution in [1.29, 1.82) is 5.26 Å². The minimum Gasteiger partial charge on any atom is -0.466 e. The fourth-order valence-electron chi connectivity index (χ4n) is 2.09. The first kappa shape index (κ1) is 16.9. The average Bonchev–Trinajstić information content (AvgIpc) is 2.50. The van der Waals surface area contributed by atoms with E-state index < -0.39 is 0 Å². The van der Waals surface area contributed by atoms with Gasteiger partial charge >= 0.3 is 5.97 Å². The molecular weight excluding hydrogens is 268 g/mol. The summed E-state index contributed by atoms with van der Waals surface area (Å²) >= 11 is 0. The van der Waals surface area contributed by atoms with E-state index in [-0.39, 0.29) is 5.97 Å². The Bertz CT molecular complexity index is 523. The van der Waals surface area contributed by atoms with Crippen LogP contribution in [0.5, 0.6) is 0 Å². The summed E-state index contributed by atoms with van der Waals surface area (Å²) in [5.74, 6) is 0.289. The highest BCUT2D eigenvalue weighted by molar-refractivity contribution is 5.69. The first-order valence-corrected chi connectivity index (χ1v) is 7.35. The van der Waals surface area contributed by atoms with Crippen LogP contribution in [0.3, 0.4) is 0 Å². The number of aromatic nitrogens is 2. The number of aryl methyl sites for hydroxylation is 1. The number of carbonyl (C=O) groups excluding carboxylic acids is 1. The van der Waals surface area contributed by atoms with Crippen LogP contribution in [0.25, 0.3) is 0 Å². The maximum atomic E-state index is 11.2. The fourth-order valence-corrected chi connectivity index (χ4v) is 2.09. The summed E-state index contributed by atoms with van der Waals surface area (Å²) in [6, 6.07) is 2.20. The smallest absolute Gasteiger partial charge is 0.305 e. The number of ether oxygens (including phenoxy) is 1. The summed E-state index contributed by atoms with van der Waals surface area (Å²) in [6.45, 7) is 6.73. The van der Waals surface area contributed by atoms with Crippen molar-refractivity contribution >= 4 is 11.8 Å². The molecule has 1 aromatic rings. The second-order valence-corrected chi connectivity index (χ2v) is 4.50. The second-order valence-electron chi connectivity index (χ2n) is 4.50. The van der Waals surface area contributed by atoms with Gasteiger partial charge in [0.15, 0.2) is 5.82 Å². The highest BCUT2D eigenvalue weighted by atomic mass is 16.5. The molecule has 21 heavy (non-hydrogen) atoms. The van der Waals surface area contributed by atoms with Gasteiger partial charge in [-0.2, -0.15) is 10.4 Å². The summed E-state index contributed by atoms with van der Waals surface area (Å²) in [4.78, 5) is 11.2. The zero-order chi connectivity index (χ0) is 15.7. The normalized spacial score (nSPS) is 10.0. The van der Waals surface area contributed by atoms with Crippen LogP contribution >= 0.6 is 0 Å². The summed E-state index contributed by atoms with van der Waals surface area (Å²) in [6.07, 6.45) is 2.49. The van der Waals surface area contributed by atoms with Gasteiger partial charge in [-0.05, 0) is 31.7 Å². The molecule has 0 spiro atoms. The summed E-state index contributed by atoms with van der Waals surface area (Å²) in [7, 11) is 0. The fraction of sp³-hybridized carbons (Fsp3) is 0.600. The largest absolute Gasteiger partial charge is 0.466 e. The molecule has 1 rings (SSSR count). The molecule has 6 heteroatoms. The Morgan fingerprint density at radius 3 is 2.62 bits per heavy atom. The lowest BCUT2D eigenvalue weighted by Crippen LogP contribution is -2.12. The van der Waals surface area contributed by atoms with E-state index in [9.17, 15) is 10.1 Å². The molecule has 0 saturated carbocycles. The first-order chi connectivity index (χ1) is 10.2. The summed E-state index contributed by atoms with van der Waals surface area (Å²) < 4.78 is 4.86. The molecule has 0 unspecified atom stereocenters. The number of nitrogens with zero attached hydrogens (tertiary/aromatic N) is 3. The Morgan fingerprint density at radius 2 is 2.05 bits per heavy atom. The molecule has 1 N–H and O–H groups in total. The van der Waals surface area contributed by atoms with Crippen LogP contribution in [-0.2, 0) is 22.4 Å². The van der Waals surface area contributed by atoms with E-state index in [4.69, 9.17) is 4.74 Å². The van der Waals surface area contributed by atoms with Crippen molar-refractivity contribution in [2.24, 2.45) is 0 Å². The van der Waals surface area contributed by atoms with Crippen molar-refractivity contribution in [2.45, 2.75) is 46.5 Å². The van der Waals surface area contributed by atoms with E-state index in [2.05, 4.69) is 21.6 Å². The second kappa shape index (κ2) is 8.90. The molecule has 0 atom stereocenters. The average molecular weight is 290 g/mol. The maximum absolute atomic E-state index is 11.2. The van der Waals surface area contributed by atoms with Gasteiger partial charge in [-0.25, -0.2) is 0 Å². The van der Waals surface area contributed by atoms with Gasteiger partial charge < -0.3 is 10.1 Å². The van der Waals surface area contributed by atoms with Crippen molar-refractivity contribution in [2.75, 3.05) is 18.5 Å². The maximum Gasteiger partial charge on any atom is 0.305 e. The van der Waals surface area contributed by atoms with Crippen LogP contribution < -0.4 is 5.32 Å². The predicted octanol–water partition coefficient (Wildman–Crippen LogP) is 2.23. The highest BCUT2D eigenvalue weighted by Gasteiger charge is 2.13. The monoisotopic (exact) mass is 290 g/mol. The van der Waals surface area contributed by atoms with Gasteiger partial charge in [0.25, 0.3) is 0 Å².